The lowest BCUT2D eigenvalue weighted by molar-refractivity contribution is 0.189. The van der Waals surface area contributed by atoms with Crippen LogP contribution >= 0.6 is 0 Å². The molecule has 2 heterocycles. The van der Waals surface area contributed by atoms with Gasteiger partial charge in [0.05, 0.1) is 7.11 Å². The van der Waals surface area contributed by atoms with Crippen LogP contribution in [-0.4, -0.2) is 81.3 Å². The predicted molar refractivity (Wildman–Crippen MR) is 141 cm³/mol. The highest BCUT2D eigenvalue weighted by molar-refractivity contribution is 5.89. The van der Waals surface area contributed by atoms with Gasteiger partial charge < -0.3 is 35.8 Å². The third kappa shape index (κ3) is 10.2. The summed E-state index contributed by atoms with van der Waals surface area (Å²) in [5.41, 5.74) is 1.92. The fourth-order valence-electron chi connectivity index (χ4n) is 3.50. The number of nitrogens with zero attached hydrogens (tertiary/aromatic N) is 2. The van der Waals surface area contributed by atoms with Crippen LogP contribution in [0.1, 0.15) is 19.4 Å². The Morgan fingerprint density at radius 1 is 0.800 bits per heavy atom. The monoisotopic (exact) mass is 484 g/mol. The number of amides is 4. The van der Waals surface area contributed by atoms with E-state index in [0.29, 0.717) is 6.54 Å². The van der Waals surface area contributed by atoms with Gasteiger partial charge in [-0.1, -0.05) is 44.2 Å². The van der Waals surface area contributed by atoms with E-state index in [-0.39, 0.29) is 12.1 Å². The molecule has 9 heteroatoms. The Kier molecular flexibility index (Phi) is 13.1. The number of benzene rings is 2. The average molecular weight is 485 g/mol. The Balaban J connectivity index is 0.000000231. The number of methoxy groups -OCH3 is 1. The summed E-state index contributed by atoms with van der Waals surface area (Å²) in [5, 5.41) is 12.2. The normalized spacial score (nSPS) is 14.9. The lowest BCUT2D eigenvalue weighted by Crippen LogP contribution is -2.50. The topological polar surface area (TPSA) is 98.0 Å². The quantitative estimate of drug-likeness (QED) is 0.535. The number of hydrogen-bond acceptors (Lipinski definition) is 5. The van der Waals surface area contributed by atoms with Gasteiger partial charge in [0, 0.05) is 64.6 Å². The molecule has 0 spiro atoms. The Hall–Kier alpha value is -3.30. The van der Waals surface area contributed by atoms with Crippen LogP contribution < -0.4 is 26.0 Å². The van der Waals surface area contributed by atoms with Crippen molar-refractivity contribution in [2.75, 3.05) is 64.8 Å². The van der Waals surface area contributed by atoms with Crippen LogP contribution in [0.25, 0.3) is 0 Å². The van der Waals surface area contributed by atoms with E-state index in [9.17, 15) is 9.59 Å². The van der Waals surface area contributed by atoms with Gasteiger partial charge in [0.25, 0.3) is 0 Å². The standard InChI is InChI=1S/C12H17N3O2.C12H17N3O.C2H6/c1-17-11-4-2-10(3-5-11)14-12(16)15-8-6-13-7-9-15;16-12(15-8-6-13-7-9-15)14-10-11-4-2-1-3-5-11;1-2/h2-5,13H,6-9H2,1H3,(H,14,16);1-5,13H,6-10H2,(H,14,16);1-2H3. The van der Waals surface area contributed by atoms with E-state index in [2.05, 4.69) is 21.3 Å². The van der Waals surface area contributed by atoms with Gasteiger partial charge in [0.2, 0.25) is 0 Å². The maximum absolute atomic E-state index is 11.9. The zero-order valence-corrected chi connectivity index (χ0v) is 21.2. The number of carbonyl (C=O) groups excluding carboxylic acids is 2. The third-order valence-corrected chi connectivity index (χ3v) is 5.44. The smallest absolute Gasteiger partial charge is 0.321 e. The lowest BCUT2D eigenvalue weighted by atomic mass is 10.2. The minimum Gasteiger partial charge on any atom is -0.497 e. The summed E-state index contributed by atoms with van der Waals surface area (Å²) in [7, 11) is 1.62. The van der Waals surface area contributed by atoms with E-state index in [1.54, 1.807) is 12.0 Å². The van der Waals surface area contributed by atoms with Crippen molar-refractivity contribution in [2.45, 2.75) is 20.4 Å². The van der Waals surface area contributed by atoms with Crippen LogP contribution in [0, 0.1) is 0 Å². The molecule has 192 valence electrons. The second kappa shape index (κ2) is 16.3. The van der Waals surface area contributed by atoms with E-state index < -0.39 is 0 Å². The fourth-order valence-corrected chi connectivity index (χ4v) is 3.50. The fraction of sp³-hybridized carbons (Fsp3) is 0.462. The molecule has 2 aromatic rings. The van der Waals surface area contributed by atoms with Gasteiger partial charge in [-0.25, -0.2) is 9.59 Å². The number of ether oxygens (including phenoxy) is 1. The van der Waals surface area contributed by atoms with Crippen LogP contribution in [0.4, 0.5) is 15.3 Å². The summed E-state index contributed by atoms with van der Waals surface area (Å²) in [5.74, 6) is 0.783. The zero-order chi connectivity index (χ0) is 25.3. The number of piperazine rings is 2. The molecular formula is C26H40N6O3. The SMILES string of the molecule is CC.COc1ccc(NC(=O)N2CCNCC2)cc1.O=C(NCc1ccccc1)N1CCNCC1. The Morgan fingerprint density at radius 3 is 1.83 bits per heavy atom. The van der Waals surface area contributed by atoms with E-state index in [0.717, 1.165) is 69.4 Å². The number of urea groups is 2. The summed E-state index contributed by atoms with van der Waals surface area (Å²) in [6.45, 7) is 11.2. The molecule has 0 unspecified atom stereocenters. The first kappa shape index (κ1) is 27.9. The lowest BCUT2D eigenvalue weighted by Gasteiger charge is -2.27. The Bertz CT molecular complexity index is 851. The molecule has 2 aromatic carbocycles. The van der Waals surface area contributed by atoms with Crippen LogP contribution in [-0.2, 0) is 6.54 Å². The van der Waals surface area contributed by atoms with Gasteiger partial charge in [-0.05, 0) is 29.8 Å². The molecule has 2 aliphatic rings. The van der Waals surface area contributed by atoms with Crippen molar-refractivity contribution < 1.29 is 14.3 Å². The highest BCUT2D eigenvalue weighted by atomic mass is 16.5. The second-order valence-corrected chi connectivity index (χ2v) is 7.78. The maximum atomic E-state index is 11.9. The minimum absolute atomic E-state index is 0.0327. The molecule has 4 rings (SSSR count). The third-order valence-electron chi connectivity index (χ3n) is 5.44. The number of anilines is 1. The second-order valence-electron chi connectivity index (χ2n) is 7.78. The summed E-state index contributed by atoms with van der Waals surface area (Å²) in [6.07, 6.45) is 0. The van der Waals surface area contributed by atoms with Crippen molar-refractivity contribution in [3.05, 3.63) is 60.2 Å². The summed E-state index contributed by atoms with van der Waals surface area (Å²) < 4.78 is 5.06. The number of nitrogens with one attached hydrogen (secondary N) is 4. The number of hydrogen-bond donors (Lipinski definition) is 4. The van der Waals surface area contributed by atoms with E-state index >= 15 is 0 Å². The molecule has 0 atom stereocenters. The summed E-state index contributed by atoms with van der Waals surface area (Å²) in [4.78, 5) is 27.3. The first-order chi connectivity index (χ1) is 17.2. The van der Waals surface area contributed by atoms with Crippen LogP contribution in [0.2, 0.25) is 0 Å². The van der Waals surface area contributed by atoms with Crippen molar-refractivity contribution >= 4 is 17.7 Å². The van der Waals surface area contributed by atoms with Crippen LogP contribution in [0.3, 0.4) is 0 Å². The van der Waals surface area contributed by atoms with Crippen molar-refractivity contribution in [3.63, 3.8) is 0 Å². The molecule has 0 radical (unpaired) electrons. The average Bonchev–Trinajstić information content (AvgIpc) is 2.95. The van der Waals surface area contributed by atoms with Crippen LogP contribution in [0.15, 0.2) is 54.6 Å². The van der Waals surface area contributed by atoms with Crippen molar-refractivity contribution in [1.82, 2.24) is 25.8 Å². The molecule has 35 heavy (non-hydrogen) atoms. The largest absolute Gasteiger partial charge is 0.497 e. The molecule has 0 aliphatic carbocycles. The first-order valence-electron chi connectivity index (χ1n) is 12.3. The van der Waals surface area contributed by atoms with Gasteiger partial charge in [0.1, 0.15) is 5.75 Å². The van der Waals surface area contributed by atoms with E-state index in [4.69, 9.17) is 4.74 Å². The summed E-state index contributed by atoms with van der Waals surface area (Å²) in [6, 6.07) is 17.3. The Morgan fingerprint density at radius 2 is 1.31 bits per heavy atom. The van der Waals surface area contributed by atoms with Crippen molar-refractivity contribution in [2.24, 2.45) is 0 Å². The van der Waals surface area contributed by atoms with Gasteiger partial charge in [-0.3, -0.25) is 0 Å². The predicted octanol–water partition coefficient (Wildman–Crippen LogP) is 2.96. The highest BCUT2D eigenvalue weighted by Gasteiger charge is 2.16. The van der Waals surface area contributed by atoms with Gasteiger partial charge >= 0.3 is 12.1 Å². The molecule has 2 saturated heterocycles. The molecule has 0 aromatic heterocycles. The number of rotatable bonds is 4. The molecular weight excluding hydrogens is 444 g/mol. The summed E-state index contributed by atoms with van der Waals surface area (Å²) >= 11 is 0. The molecule has 9 nitrogen and oxygen atoms in total. The molecule has 0 bridgehead atoms. The first-order valence-corrected chi connectivity index (χ1v) is 12.3. The zero-order valence-electron chi connectivity index (χ0n) is 21.2. The van der Waals surface area contributed by atoms with Crippen molar-refractivity contribution in [1.29, 1.82) is 0 Å². The van der Waals surface area contributed by atoms with Crippen LogP contribution in [0.5, 0.6) is 5.75 Å². The maximum Gasteiger partial charge on any atom is 0.321 e. The van der Waals surface area contributed by atoms with Gasteiger partial charge in [-0.15, -0.1) is 0 Å². The van der Waals surface area contributed by atoms with E-state index in [1.807, 2.05) is 73.3 Å². The Labute approximate surface area is 209 Å². The number of carbonyl (C=O) groups is 2. The minimum atomic E-state index is -0.0448. The van der Waals surface area contributed by atoms with Crippen molar-refractivity contribution in [3.8, 4) is 5.75 Å². The van der Waals surface area contributed by atoms with E-state index in [1.165, 1.54) is 0 Å². The van der Waals surface area contributed by atoms with Gasteiger partial charge in [-0.2, -0.15) is 0 Å². The molecule has 4 N–H and O–H groups in total. The molecule has 0 saturated carbocycles. The molecule has 2 fully saturated rings. The molecule has 4 amide bonds. The van der Waals surface area contributed by atoms with Gasteiger partial charge in [0.15, 0.2) is 0 Å². The highest BCUT2D eigenvalue weighted by Crippen LogP contribution is 2.15. The molecule has 2 aliphatic heterocycles.